The van der Waals surface area contributed by atoms with Crippen LogP contribution in [0.2, 0.25) is 0 Å². The van der Waals surface area contributed by atoms with E-state index in [0.717, 1.165) is 25.5 Å². The third-order valence-corrected chi connectivity index (χ3v) is 3.12. The molecule has 1 unspecified atom stereocenters. The smallest absolute Gasteiger partial charge is 0.126 e. The third-order valence-electron chi connectivity index (χ3n) is 3.12. The highest BCUT2D eigenvalue weighted by Gasteiger charge is 2.34. The predicted molar refractivity (Wildman–Crippen MR) is 57.1 cm³/mol. The Bertz CT molecular complexity index is 355. The van der Waals surface area contributed by atoms with E-state index in [1.807, 2.05) is 0 Å². The van der Waals surface area contributed by atoms with Crippen molar-refractivity contribution in [2.75, 3.05) is 20.2 Å². The molecule has 16 heavy (non-hydrogen) atoms. The van der Waals surface area contributed by atoms with Gasteiger partial charge in [0.05, 0.1) is 0 Å². The van der Waals surface area contributed by atoms with Crippen LogP contribution in [0.1, 0.15) is 18.4 Å². The predicted octanol–water partition coefficient (Wildman–Crippen LogP) is 2.19. The van der Waals surface area contributed by atoms with Gasteiger partial charge in [-0.3, -0.25) is 0 Å². The van der Waals surface area contributed by atoms with Gasteiger partial charge in [0.15, 0.2) is 0 Å². The average molecular weight is 227 g/mol. The molecule has 2 nitrogen and oxygen atoms in total. The Labute approximate surface area is 93.6 Å². The van der Waals surface area contributed by atoms with E-state index in [2.05, 4.69) is 5.32 Å². The van der Waals surface area contributed by atoms with Crippen molar-refractivity contribution < 1.29 is 13.5 Å². The molecule has 0 amide bonds. The van der Waals surface area contributed by atoms with Crippen LogP contribution in [0.15, 0.2) is 18.2 Å². The zero-order valence-electron chi connectivity index (χ0n) is 9.22. The summed E-state index contributed by atoms with van der Waals surface area (Å²) in [7, 11) is 1.58. The topological polar surface area (TPSA) is 21.3 Å². The minimum atomic E-state index is -0.596. The molecule has 1 aliphatic rings. The molecule has 1 fully saturated rings. The fraction of sp³-hybridized carbons (Fsp3) is 0.500. The average Bonchev–Trinajstić information content (AvgIpc) is 2.28. The highest BCUT2D eigenvalue weighted by atomic mass is 19.1. The lowest BCUT2D eigenvalue weighted by Gasteiger charge is -2.36. The first-order valence-corrected chi connectivity index (χ1v) is 5.39. The minimum Gasteiger partial charge on any atom is -0.372 e. The van der Waals surface area contributed by atoms with Gasteiger partial charge in [-0.15, -0.1) is 0 Å². The molecule has 0 aromatic heterocycles. The van der Waals surface area contributed by atoms with Crippen LogP contribution in [0, 0.1) is 11.6 Å². The Kier molecular flexibility index (Phi) is 3.21. The number of methoxy groups -OCH3 is 1. The number of piperidine rings is 1. The standard InChI is InChI=1S/C12H15F2NO/c1-16-12(3-2-4-15-8-12)9-5-10(13)7-11(14)6-9/h5-7,15H,2-4,8H2,1H3. The first-order valence-electron chi connectivity index (χ1n) is 5.39. The molecule has 4 heteroatoms. The molecule has 0 bridgehead atoms. The number of rotatable bonds is 2. The van der Waals surface area contributed by atoms with Crippen LogP contribution in [0.3, 0.4) is 0 Å². The second-order valence-electron chi connectivity index (χ2n) is 4.14. The Morgan fingerprint density at radius 1 is 1.25 bits per heavy atom. The molecule has 0 spiro atoms. The summed E-state index contributed by atoms with van der Waals surface area (Å²) < 4.78 is 31.8. The van der Waals surface area contributed by atoms with Gasteiger partial charge >= 0.3 is 0 Å². The van der Waals surface area contributed by atoms with Gasteiger partial charge in [0.25, 0.3) is 0 Å². The lowest BCUT2D eigenvalue weighted by atomic mass is 9.86. The number of hydrogen-bond donors (Lipinski definition) is 1. The van der Waals surface area contributed by atoms with Crippen molar-refractivity contribution >= 4 is 0 Å². The molecule has 0 radical (unpaired) electrons. The molecular formula is C12H15F2NO. The van der Waals surface area contributed by atoms with Gasteiger partial charge in [0.2, 0.25) is 0 Å². The highest BCUT2D eigenvalue weighted by molar-refractivity contribution is 5.25. The molecule has 1 N–H and O–H groups in total. The maximum atomic E-state index is 13.2. The molecule has 1 aliphatic heterocycles. The molecule has 88 valence electrons. The van der Waals surface area contributed by atoms with Gasteiger partial charge in [0.1, 0.15) is 17.2 Å². The Hall–Kier alpha value is -1.00. The first kappa shape index (κ1) is 11.5. The van der Waals surface area contributed by atoms with Gasteiger partial charge in [-0.1, -0.05) is 0 Å². The van der Waals surface area contributed by atoms with Crippen molar-refractivity contribution in [1.82, 2.24) is 5.32 Å². The quantitative estimate of drug-likeness (QED) is 0.836. The summed E-state index contributed by atoms with van der Waals surface area (Å²) >= 11 is 0. The van der Waals surface area contributed by atoms with Gasteiger partial charge < -0.3 is 10.1 Å². The summed E-state index contributed by atoms with van der Waals surface area (Å²) in [4.78, 5) is 0. The maximum absolute atomic E-state index is 13.2. The van der Waals surface area contributed by atoms with Gasteiger partial charge in [-0.05, 0) is 37.1 Å². The summed E-state index contributed by atoms with van der Waals surface area (Å²) in [6.45, 7) is 1.51. The van der Waals surface area contributed by atoms with E-state index in [1.54, 1.807) is 7.11 Å². The number of hydrogen-bond acceptors (Lipinski definition) is 2. The van der Waals surface area contributed by atoms with E-state index in [9.17, 15) is 8.78 Å². The van der Waals surface area contributed by atoms with E-state index in [-0.39, 0.29) is 0 Å². The molecular weight excluding hydrogens is 212 g/mol. The molecule has 1 aromatic rings. The lowest BCUT2D eigenvalue weighted by Crippen LogP contribution is -2.44. The summed E-state index contributed by atoms with van der Waals surface area (Å²) in [5.41, 5.74) is -0.0269. The monoisotopic (exact) mass is 227 g/mol. The van der Waals surface area contributed by atoms with Crippen LogP contribution in [0.25, 0.3) is 0 Å². The van der Waals surface area contributed by atoms with Crippen molar-refractivity contribution in [3.8, 4) is 0 Å². The fourth-order valence-corrected chi connectivity index (χ4v) is 2.23. The fourth-order valence-electron chi connectivity index (χ4n) is 2.23. The van der Waals surface area contributed by atoms with E-state index in [4.69, 9.17) is 4.74 Å². The number of halogens is 2. The highest BCUT2D eigenvalue weighted by Crippen LogP contribution is 2.32. The van der Waals surface area contributed by atoms with Crippen LogP contribution < -0.4 is 5.32 Å². The van der Waals surface area contributed by atoms with Gasteiger partial charge in [-0.25, -0.2) is 8.78 Å². The molecule has 1 saturated heterocycles. The molecule has 1 atom stereocenters. The number of benzene rings is 1. The summed E-state index contributed by atoms with van der Waals surface area (Å²) in [5, 5.41) is 3.19. The molecule has 2 rings (SSSR count). The number of nitrogens with one attached hydrogen (secondary N) is 1. The molecule has 1 heterocycles. The van der Waals surface area contributed by atoms with Gasteiger partial charge in [-0.2, -0.15) is 0 Å². The first-order chi connectivity index (χ1) is 7.66. The van der Waals surface area contributed by atoms with Gasteiger partial charge in [0, 0.05) is 19.7 Å². The van der Waals surface area contributed by atoms with E-state index >= 15 is 0 Å². The summed E-state index contributed by atoms with van der Waals surface area (Å²) in [6, 6.07) is 3.57. The Morgan fingerprint density at radius 3 is 2.44 bits per heavy atom. The zero-order chi connectivity index (χ0) is 11.6. The van der Waals surface area contributed by atoms with E-state index in [1.165, 1.54) is 12.1 Å². The summed E-state index contributed by atoms with van der Waals surface area (Å²) in [5.74, 6) is -1.12. The second kappa shape index (κ2) is 4.47. The van der Waals surface area contributed by atoms with Crippen molar-refractivity contribution in [2.24, 2.45) is 0 Å². The lowest BCUT2D eigenvalue weighted by molar-refractivity contribution is -0.0337. The van der Waals surface area contributed by atoms with Crippen molar-refractivity contribution in [1.29, 1.82) is 0 Å². The van der Waals surface area contributed by atoms with Crippen LogP contribution in [0.4, 0.5) is 8.78 Å². The van der Waals surface area contributed by atoms with E-state index < -0.39 is 17.2 Å². The largest absolute Gasteiger partial charge is 0.372 e. The zero-order valence-corrected chi connectivity index (χ0v) is 9.22. The van der Waals surface area contributed by atoms with Crippen molar-refractivity contribution in [2.45, 2.75) is 18.4 Å². The van der Waals surface area contributed by atoms with E-state index in [0.29, 0.717) is 12.1 Å². The van der Waals surface area contributed by atoms with Crippen molar-refractivity contribution in [3.05, 3.63) is 35.4 Å². The molecule has 0 aliphatic carbocycles. The maximum Gasteiger partial charge on any atom is 0.126 e. The van der Waals surface area contributed by atoms with Crippen LogP contribution in [0.5, 0.6) is 0 Å². The minimum absolute atomic E-state index is 0.558. The molecule has 1 aromatic carbocycles. The Morgan fingerprint density at radius 2 is 1.94 bits per heavy atom. The van der Waals surface area contributed by atoms with Crippen LogP contribution in [-0.4, -0.2) is 20.2 Å². The van der Waals surface area contributed by atoms with Crippen LogP contribution >= 0.6 is 0 Å². The second-order valence-corrected chi connectivity index (χ2v) is 4.14. The Balaban J connectivity index is 2.38. The SMILES string of the molecule is COC1(c2cc(F)cc(F)c2)CCCNC1. The molecule has 0 saturated carbocycles. The van der Waals surface area contributed by atoms with Crippen LogP contribution in [-0.2, 0) is 10.3 Å². The number of ether oxygens (including phenoxy) is 1. The summed E-state index contributed by atoms with van der Waals surface area (Å²) in [6.07, 6.45) is 1.71. The van der Waals surface area contributed by atoms with Crippen molar-refractivity contribution in [3.63, 3.8) is 0 Å². The third kappa shape index (κ3) is 2.08. The normalized spacial score (nSPS) is 25.7.